The summed E-state index contributed by atoms with van der Waals surface area (Å²) < 4.78 is 32.2. The van der Waals surface area contributed by atoms with Gasteiger partial charge in [0.15, 0.2) is 0 Å². The first-order valence-corrected chi connectivity index (χ1v) is 6.12. The summed E-state index contributed by atoms with van der Waals surface area (Å²) >= 11 is 0. The molecule has 0 unspecified atom stereocenters. The van der Waals surface area contributed by atoms with Crippen molar-refractivity contribution in [3.05, 3.63) is 35.4 Å². The highest BCUT2D eigenvalue weighted by Crippen LogP contribution is 2.43. The Morgan fingerprint density at radius 1 is 1.33 bits per heavy atom. The maximum Gasteiger partial charge on any atom is 0.130 e. The van der Waals surface area contributed by atoms with Crippen LogP contribution in [0.1, 0.15) is 25.8 Å². The van der Waals surface area contributed by atoms with Crippen LogP contribution in [0.3, 0.4) is 0 Å². The highest BCUT2D eigenvalue weighted by Gasteiger charge is 2.45. The molecule has 0 amide bonds. The molecule has 0 bridgehead atoms. The molecule has 1 aliphatic heterocycles. The third-order valence-corrected chi connectivity index (χ3v) is 3.63. The summed E-state index contributed by atoms with van der Waals surface area (Å²) in [5.41, 5.74) is 5.82. The van der Waals surface area contributed by atoms with E-state index in [-0.39, 0.29) is 10.8 Å². The molecule has 1 heterocycles. The molecule has 0 atom stereocenters. The lowest BCUT2D eigenvalue weighted by Gasteiger charge is -2.46. The van der Waals surface area contributed by atoms with Crippen LogP contribution in [-0.4, -0.2) is 19.8 Å². The summed E-state index contributed by atoms with van der Waals surface area (Å²) in [4.78, 5) is 0. The van der Waals surface area contributed by atoms with Crippen LogP contribution in [0, 0.1) is 17.0 Å². The Labute approximate surface area is 106 Å². The van der Waals surface area contributed by atoms with Crippen molar-refractivity contribution in [1.82, 2.24) is 0 Å². The van der Waals surface area contributed by atoms with E-state index < -0.39 is 11.6 Å². The van der Waals surface area contributed by atoms with Crippen LogP contribution in [0.5, 0.6) is 0 Å². The number of hydrogen-bond acceptors (Lipinski definition) is 2. The van der Waals surface area contributed by atoms with Gasteiger partial charge in [0.05, 0.1) is 13.2 Å². The van der Waals surface area contributed by atoms with Crippen LogP contribution in [0.15, 0.2) is 18.2 Å². The molecule has 2 rings (SSSR count). The molecule has 0 aliphatic carbocycles. The Hall–Kier alpha value is -1.00. The van der Waals surface area contributed by atoms with Crippen molar-refractivity contribution >= 4 is 0 Å². The van der Waals surface area contributed by atoms with Crippen LogP contribution >= 0.6 is 0 Å². The van der Waals surface area contributed by atoms with E-state index in [1.54, 1.807) is 0 Å². The molecule has 1 saturated heterocycles. The molecule has 0 saturated carbocycles. The van der Waals surface area contributed by atoms with Gasteiger partial charge in [-0.3, -0.25) is 0 Å². The summed E-state index contributed by atoms with van der Waals surface area (Å²) in [6, 6.07) is 3.76. The average Bonchev–Trinajstić information content (AvgIpc) is 2.24. The number of ether oxygens (including phenoxy) is 1. The van der Waals surface area contributed by atoms with Gasteiger partial charge in [0.1, 0.15) is 11.6 Å². The average molecular weight is 255 g/mol. The summed E-state index contributed by atoms with van der Waals surface area (Å²) in [5, 5.41) is 0. The van der Waals surface area contributed by atoms with Gasteiger partial charge in [-0.05, 0) is 30.0 Å². The molecule has 1 aromatic carbocycles. The molecule has 1 fully saturated rings. The fourth-order valence-electron chi connectivity index (χ4n) is 2.61. The Kier molecular flexibility index (Phi) is 3.43. The van der Waals surface area contributed by atoms with Crippen molar-refractivity contribution in [3.8, 4) is 0 Å². The van der Waals surface area contributed by atoms with Gasteiger partial charge in [-0.25, -0.2) is 8.78 Å². The molecule has 18 heavy (non-hydrogen) atoms. The Balaban J connectivity index is 2.32. The molecule has 4 heteroatoms. The topological polar surface area (TPSA) is 35.2 Å². The highest BCUT2D eigenvalue weighted by molar-refractivity contribution is 5.30. The van der Waals surface area contributed by atoms with Gasteiger partial charge in [-0.15, -0.1) is 0 Å². The standard InChI is InChI=1S/C14H19F2NO/c1-13(2,7-17)6-14(8-18-9-14)11-4-3-10(15)5-12(11)16/h3-5H,6-9,17H2,1-2H3. The SMILES string of the molecule is CC(C)(CN)CC1(c2ccc(F)cc2F)COC1. The molecule has 2 nitrogen and oxygen atoms in total. The second kappa shape index (κ2) is 4.59. The lowest BCUT2D eigenvalue weighted by atomic mass is 9.67. The first-order chi connectivity index (χ1) is 8.38. The van der Waals surface area contributed by atoms with Crippen LogP contribution < -0.4 is 5.73 Å². The molecule has 1 aliphatic rings. The minimum Gasteiger partial charge on any atom is -0.379 e. The molecule has 2 N–H and O–H groups in total. The summed E-state index contributed by atoms with van der Waals surface area (Å²) in [6.07, 6.45) is 0.735. The first kappa shape index (κ1) is 13.4. The van der Waals surface area contributed by atoms with Crippen molar-refractivity contribution in [2.45, 2.75) is 25.7 Å². The zero-order valence-electron chi connectivity index (χ0n) is 10.8. The van der Waals surface area contributed by atoms with E-state index in [0.29, 0.717) is 25.3 Å². The lowest BCUT2D eigenvalue weighted by molar-refractivity contribution is -0.0801. The van der Waals surface area contributed by atoms with E-state index in [0.717, 1.165) is 12.5 Å². The van der Waals surface area contributed by atoms with Crippen molar-refractivity contribution in [1.29, 1.82) is 0 Å². The van der Waals surface area contributed by atoms with Crippen LogP contribution in [-0.2, 0) is 10.2 Å². The number of nitrogens with two attached hydrogens (primary N) is 1. The van der Waals surface area contributed by atoms with E-state index in [1.165, 1.54) is 12.1 Å². The fraction of sp³-hybridized carbons (Fsp3) is 0.571. The Morgan fingerprint density at radius 3 is 2.44 bits per heavy atom. The quantitative estimate of drug-likeness (QED) is 0.897. The van der Waals surface area contributed by atoms with Gasteiger partial charge in [0.25, 0.3) is 0 Å². The highest BCUT2D eigenvalue weighted by atomic mass is 19.1. The maximum absolute atomic E-state index is 13.9. The van der Waals surface area contributed by atoms with E-state index >= 15 is 0 Å². The first-order valence-electron chi connectivity index (χ1n) is 6.12. The van der Waals surface area contributed by atoms with E-state index in [2.05, 4.69) is 13.8 Å². The minimum absolute atomic E-state index is 0.0927. The minimum atomic E-state index is -0.551. The molecule has 100 valence electrons. The molecule has 0 radical (unpaired) electrons. The van der Waals surface area contributed by atoms with Gasteiger partial charge in [0, 0.05) is 11.5 Å². The van der Waals surface area contributed by atoms with Gasteiger partial charge in [-0.1, -0.05) is 19.9 Å². The van der Waals surface area contributed by atoms with Crippen LogP contribution in [0.4, 0.5) is 8.78 Å². The summed E-state index contributed by atoms with van der Waals surface area (Å²) in [5.74, 6) is -1.05. The van der Waals surface area contributed by atoms with E-state index in [1.807, 2.05) is 0 Å². The molecule has 0 spiro atoms. The largest absolute Gasteiger partial charge is 0.379 e. The second-order valence-corrected chi connectivity index (χ2v) is 5.94. The summed E-state index contributed by atoms with van der Waals surface area (Å²) in [6.45, 7) is 5.57. The predicted molar refractivity (Wildman–Crippen MR) is 66.3 cm³/mol. The second-order valence-electron chi connectivity index (χ2n) is 5.94. The smallest absolute Gasteiger partial charge is 0.130 e. The van der Waals surface area contributed by atoms with Crippen LogP contribution in [0.25, 0.3) is 0 Å². The fourth-order valence-corrected chi connectivity index (χ4v) is 2.61. The number of rotatable bonds is 4. The van der Waals surface area contributed by atoms with E-state index in [4.69, 9.17) is 10.5 Å². The van der Waals surface area contributed by atoms with E-state index in [9.17, 15) is 8.78 Å². The van der Waals surface area contributed by atoms with Gasteiger partial charge in [0.2, 0.25) is 0 Å². The molecule has 1 aromatic rings. The van der Waals surface area contributed by atoms with Crippen molar-refractivity contribution in [2.24, 2.45) is 11.1 Å². The van der Waals surface area contributed by atoms with Crippen molar-refractivity contribution < 1.29 is 13.5 Å². The monoisotopic (exact) mass is 255 g/mol. The van der Waals surface area contributed by atoms with Gasteiger partial charge < -0.3 is 10.5 Å². The predicted octanol–water partition coefficient (Wildman–Crippen LogP) is 2.61. The third-order valence-electron chi connectivity index (χ3n) is 3.63. The van der Waals surface area contributed by atoms with Crippen molar-refractivity contribution in [3.63, 3.8) is 0 Å². The lowest BCUT2D eigenvalue weighted by Crippen LogP contribution is -2.51. The maximum atomic E-state index is 13.9. The zero-order valence-corrected chi connectivity index (χ0v) is 10.8. The number of halogens is 2. The normalized spacial score (nSPS) is 18.5. The van der Waals surface area contributed by atoms with Crippen LogP contribution in [0.2, 0.25) is 0 Å². The van der Waals surface area contributed by atoms with Gasteiger partial charge in [-0.2, -0.15) is 0 Å². The molecule has 0 aromatic heterocycles. The third kappa shape index (κ3) is 2.40. The Bertz CT molecular complexity index is 441. The van der Waals surface area contributed by atoms with Gasteiger partial charge >= 0.3 is 0 Å². The summed E-state index contributed by atoms with van der Waals surface area (Å²) in [7, 11) is 0. The molecular weight excluding hydrogens is 236 g/mol. The zero-order chi connectivity index (χ0) is 13.4. The number of benzene rings is 1. The van der Waals surface area contributed by atoms with Crippen molar-refractivity contribution in [2.75, 3.05) is 19.8 Å². The molecular formula is C14H19F2NO. The number of hydrogen-bond donors (Lipinski definition) is 1. The Morgan fingerprint density at radius 2 is 2.00 bits per heavy atom.